The molecule has 88 valence electrons. The van der Waals surface area contributed by atoms with E-state index in [1.807, 2.05) is 6.20 Å². The summed E-state index contributed by atoms with van der Waals surface area (Å²) in [6.45, 7) is 2.17. The fourth-order valence-electron chi connectivity index (χ4n) is 2.93. The zero-order chi connectivity index (χ0) is 10.8. The van der Waals surface area contributed by atoms with E-state index in [4.69, 9.17) is 4.42 Å². The minimum Gasteiger partial charge on any atom is -0.445 e. The van der Waals surface area contributed by atoms with Crippen LogP contribution in [-0.4, -0.2) is 18.1 Å². The Bertz CT molecular complexity index is 335. The molecule has 1 aliphatic heterocycles. The fraction of sp³-hybridized carbons (Fsp3) is 0.769. The van der Waals surface area contributed by atoms with Crippen LogP contribution in [0.4, 0.5) is 0 Å². The van der Waals surface area contributed by atoms with Crippen LogP contribution in [-0.2, 0) is 0 Å². The molecule has 1 aromatic rings. The molecular weight excluding hydrogens is 200 g/mol. The Morgan fingerprint density at radius 2 is 2.00 bits per heavy atom. The summed E-state index contributed by atoms with van der Waals surface area (Å²) in [5, 5.41) is 3.37. The molecule has 1 unspecified atom stereocenters. The number of hydrogen-bond acceptors (Lipinski definition) is 3. The molecule has 1 saturated heterocycles. The van der Waals surface area contributed by atoms with Crippen molar-refractivity contribution >= 4 is 0 Å². The maximum absolute atomic E-state index is 5.96. The lowest BCUT2D eigenvalue weighted by Gasteiger charge is -2.18. The second-order valence-electron chi connectivity index (χ2n) is 5.13. The number of oxazole rings is 1. The van der Waals surface area contributed by atoms with Gasteiger partial charge in [-0.25, -0.2) is 4.98 Å². The zero-order valence-electron chi connectivity index (χ0n) is 9.74. The number of hydrogen-bond donors (Lipinski definition) is 1. The van der Waals surface area contributed by atoms with Crippen LogP contribution in [0.1, 0.15) is 62.0 Å². The minimum absolute atomic E-state index is 0.560. The molecule has 2 aliphatic rings. The lowest BCUT2D eigenvalue weighted by atomic mass is 9.89. The molecule has 0 radical (unpaired) electrons. The molecule has 3 nitrogen and oxygen atoms in total. The number of rotatable bonds is 2. The van der Waals surface area contributed by atoms with Crippen molar-refractivity contribution in [2.24, 2.45) is 0 Å². The van der Waals surface area contributed by atoms with Gasteiger partial charge in [0.05, 0.1) is 6.20 Å². The molecule has 16 heavy (non-hydrogen) atoms. The van der Waals surface area contributed by atoms with E-state index in [2.05, 4.69) is 10.3 Å². The van der Waals surface area contributed by atoms with Crippen molar-refractivity contribution in [2.75, 3.05) is 13.1 Å². The zero-order valence-corrected chi connectivity index (χ0v) is 9.74. The summed E-state index contributed by atoms with van der Waals surface area (Å²) in [5.74, 6) is 3.26. The monoisotopic (exact) mass is 220 g/mol. The first-order chi connectivity index (χ1) is 7.93. The van der Waals surface area contributed by atoms with Crippen molar-refractivity contribution in [1.82, 2.24) is 10.3 Å². The van der Waals surface area contributed by atoms with Gasteiger partial charge in [-0.05, 0) is 25.8 Å². The van der Waals surface area contributed by atoms with Gasteiger partial charge in [-0.3, -0.25) is 0 Å². The average Bonchev–Trinajstić information content (AvgIpc) is 3.01. The van der Waals surface area contributed by atoms with E-state index in [1.165, 1.54) is 38.5 Å². The van der Waals surface area contributed by atoms with Gasteiger partial charge < -0.3 is 9.73 Å². The van der Waals surface area contributed by atoms with Gasteiger partial charge in [-0.1, -0.05) is 19.3 Å². The molecule has 1 aromatic heterocycles. The molecule has 1 saturated carbocycles. The van der Waals surface area contributed by atoms with Crippen molar-refractivity contribution in [3.8, 4) is 0 Å². The summed E-state index contributed by atoms with van der Waals surface area (Å²) in [4.78, 5) is 4.49. The van der Waals surface area contributed by atoms with Gasteiger partial charge in [0, 0.05) is 18.4 Å². The van der Waals surface area contributed by atoms with E-state index >= 15 is 0 Å². The lowest BCUT2D eigenvalue weighted by molar-refractivity contribution is 0.344. The van der Waals surface area contributed by atoms with Gasteiger partial charge in [0.2, 0.25) is 0 Å². The molecule has 2 fully saturated rings. The van der Waals surface area contributed by atoms with Crippen LogP contribution in [0.2, 0.25) is 0 Å². The third kappa shape index (κ3) is 2.01. The quantitative estimate of drug-likeness (QED) is 0.832. The predicted molar refractivity (Wildman–Crippen MR) is 62.6 cm³/mol. The topological polar surface area (TPSA) is 38.1 Å². The summed E-state index contributed by atoms with van der Waals surface area (Å²) in [6, 6.07) is 0. The Morgan fingerprint density at radius 3 is 2.75 bits per heavy atom. The summed E-state index contributed by atoms with van der Waals surface area (Å²) >= 11 is 0. The molecule has 1 N–H and O–H groups in total. The molecule has 3 heteroatoms. The molecule has 3 rings (SSSR count). The second kappa shape index (κ2) is 4.58. The molecule has 0 bridgehead atoms. The minimum atomic E-state index is 0.560. The summed E-state index contributed by atoms with van der Waals surface area (Å²) in [6.07, 6.45) is 9.75. The van der Waals surface area contributed by atoms with Gasteiger partial charge in [-0.15, -0.1) is 0 Å². The Kier molecular flexibility index (Phi) is 2.96. The van der Waals surface area contributed by atoms with Crippen molar-refractivity contribution < 1.29 is 4.42 Å². The first-order valence-corrected chi connectivity index (χ1v) is 6.60. The van der Waals surface area contributed by atoms with Gasteiger partial charge >= 0.3 is 0 Å². The molecule has 2 heterocycles. The van der Waals surface area contributed by atoms with Gasteiger partial charge in [-0.2, -0.15) is 0 Å². The van der Waals surface area contributed by atoms with E-state index in [1.54, 1.807) is 0 Å². The van der Waals surface area contributed by atoms with Crippen molar-refractivity contribution in [3.05, 3.63) is 17.8 Å². The Balaban J connectivity index is 1.71. The maximum Gasteiger partial charge on any atom is 0.197 e. The van der Waals surface area contributed by atoms with Crippen LogP contribution < -0.4 is 5.32 Å². The maximum atomic E-state index is 5.96. The lowest BCUT2D eigenvalue weighted by Crippen LogP contribution is -2.07. The third-order valence-electron chi connectivity index (χ3n) is 3.96. The average molecular weight is 220 g/mol. The van der Waals surface area contributed by atoms with Gasteiger partial charge in [0.25, 0.3) is 0 Å². The highest BCUT2D eigenvalue weighted by molar-refractivity contribution is 5.07. The molecule has 0 amide bonds. The fourth-order valence-corrected chi connectivity index (χ4v) is 2.93. The van der Waals surface area contributed by atoms with E-state index < -0.39 is 0 Å². The summed E-state index contributed by atoms with van der Waals surface area (Å²) in [5.41, 5.74) is 0. The van der Waals surface area contributed by atoms with Crippen molar-refractivity contribution in [1.29, 1.82) is 0 Å². The Labute approximate surface area is 96.6 Å². The van der Waals surface area contributed by atoms with Gasteiger partial charge in [0.15, 0.2) is 5.89 Å². The smallest absolute Gasteiger partial charge is 0.197 e. The molecule has 1 aliphatic carbocycles. The summed E-state index contributed by atoms with van der Waals surface area (Å²) in [7, 11) is 0. The van der Waals surface area contributed by atoms with Crippen LogP contribution in [0.3, 0.4) is 0 Å². The number of aromatic nitrogens is 1. The molecule has 1 atom stereocenters. The van der Waals surface area contributed by atoms with Crippen LogP contribution >= 0.6 is 0 Å². The highest BCUT2D eigenvalue weighted by Crippen LogP contribution is 2.33. The summed E-state index contributed by atoms with van der Waals surface area (Å²) < 4.78 is 5.96. The Hall–Kier alpha value is -0.830. The standard InChI is InChI=1S/C13H20N2O/c1-2-4-10(5-3-1)13-15-9-12(16-13)11-6-7-14-8-11/h9-11,14H,1-8H2. The van der Waals surface area contributed by atoms with Crippen LogP contribution in [0.25, 0.3) is 0 Å². The molecular formula is C13H20N2O. The van der Waals surface area contributed by atoms with Crippen LogP contribution in [0.5, 0.6) is 0 Å². The van der Waals surface area contributed by atoms with Crippen LogP contribution in [0.15, 0.2) is 10.6 Å². The van der Waals surface area contributed by atoms with Crippen molar-refractivity contribution in [3.63, 3.8) is 0 Å². The normalized spacial score (nSPS) is 27.4. The number of nitrogens with one attached hydrogen (secondary N) is 1. The largest absolute Gasteiger partial charge is 0.445 e. The SMILES string of the molecule is c1nc(C2CCCCC2)oc1C1CCNC1. The first kappa shape index (κ1) is 10.3. The van der Waals surface area contributed by atoms with E-state index in [0.717, 1.165) is 24.7 Å². The van der Waals surface area contributed by atoms with Crippen molar-refractivity contribution in [2.45, 2.75) is 50.4 Å². The Morgan fingerprint density at radius 1 is 1.12 bits per heavy atom. The van der Waals surface area contributed by atoms with E-state index in [9.17, 15) is 0 Å². The second-order valence-corrected chi connectivity index (χ2v) is 5.13. The molecule has 0 spiro atoms. The van der Waals surface area contributed by atoms with Gasteiger partial charge in [0.1, 0.15) is 5.76 Å². The van der Waals surface area contributed by atoms with E-state index in [-0.39, 0.29) is 0 Å². The number of nitrogens with zero attached hydrogens (tertiary/aromatic N) is 1. The first-order valence-electron chi connectivity index (χ1n) is 6.60. The third-order valence-corrected chi connectivity index (χ3v) is 3.96. The van der Waals surface area contributed by atoms with Crippen LogP contribution in [0, 0.1) is 0 Å². The van der Waals surface area contributed by atoms with E-state index in [0.29, 0.717) is 11.8 Å². The molecule has 0 aromatic carbocycles. The predicted octanol–water partition coefficient (Wildman–Crippen LogP) is 2.80. The highest BCUT2D eigenvalue weighted by Gasteiger charge is 2.24. The highest BCUT2D eigenvalue weighted by atomic mass is 16.4.